The molecule has 3 heteroatoms. The lowest BCUT2D eigenvalue weighted by atomic mass is 9.81. The van der Waals surface area contributed by atoms with Gasteiger partial charge in [-0.2, -0.15) is 0 Å². The maximum absolute atomic E-state index is 14.5. The van der Waals surface area contributed by atoms with Gasteiger partial charge in [0.15, 0.2) is 5.43 Å². The van der Waals surface area contributed by atoms with Gasteiger partial charge in [0.05, 0.1) is 7.11 Å². The van der Waals surface area contributed by atoms with Crippen molar-refractivity contribution in [3.8, 4) is 16.9 Å². The van der Waals surface area contributed by atoms with Crippen LogP contribution in [0.25, 0.3) is 11.1 Å². The molecule has 0 saturated carbocycles. The van der Waals surface area contributed by atoms with E-state index in [2.05, 4.69) is 78.9 Å². The van der Waals surface area contributed by atoms with Crippen molar-refractivity contribution in [3.05, 3.63) is 206 Å². The van der Waals surface area contributed by atoms with Gasteiger partial charge in [0.25, 0.3) is 0 Å². The van der Waals surface area contributed by atoms with Crippen LogP contribution in [0.3, 0.4) is 0 Å². The quantitative estimate of drug-likeness (QED) is 0.180. The van der Waals surface area contributed by atoms with E-state index in [1.165, 1.54) is 0 Å². The second-order valence-electron chi connectivity index (χ2n) is 10.5. The van der Waals surface area contributed by atoms with Crippen molar-refractivity contribution in [1.82, 2.24) is 0 Å². The fraction of sp³-hybridized carbons (Fsp3) is 0.0750. The van der Waals surface area contributed by atoms with Crippen LogP contribution in [0.1, 0.15) is 45.2 Å². The summed E-state index contributed by atoms with van der Waals surface area (Å²) in [7, 11) is 1.68. The lowest BCUT2D eigenvalue weighted by Crippen LogP contribution is -2.14. The normalized spacial score (nSPS) is 11.1. The molecular weight excluding hydrogens is 548 g/mol. The van der Waals surface area contributed by atoms with Crippen LogP contribution in [0.2, 0.25) is 5.02 Å². The molecule has 0 unspecified atom stereocenters. The van der Waals surface area contributed by atoms with E-state index in [-0.39, 0.29) is 17.3 Å². The molecule has 6 rings (SSSR count). The van der Waals surface area contributed by atoms with Gasteiger partial charge in [-0.05, 0) is 52.1 Å². The molecule has 0 bridgehead atoms. The molecule has 0 fully saturated rings. The second kappa shape index (κ2) is 12.9. The molecule has 210 valence electrons. The van der Waals surface area contributed by atoms with Crippen molar-refractivity contribution < 1.29 is 4.74 Å². The number of halogens is 1. The summed E-state index contributed by atoms with van der Waals surface area (Å²) in [4.78, 5) is 14.5. The molecule has 0 aliphatic heterocycles. The molecule has 0 aliphatic carbocycles. The van der Waals surface area contributed by atoms with E-state index in [9.17, 15) is 4.79 Å². The van der Waals surface area contributed by atoms with Gasteiger partial charge in [0.2, 0.25) is 0 Å². The van der Waals surface area contributed by atoms with Crippen LogP contribution in [0.5, 0.6) is 5.75 Å². The Balaban J connectivity index is 1.74. The lowest BCUT2D eigenvalue weighted by molar-refractivity contribution is 0.411. The van der Waals surface area contributed by atoms with Gasteiger partial charge in [0.1, 0.15) is 5.75 Å². The van der Waals surface area contributed by atoms with E-state index in [1.807, 2.05) is 72.8 Å². The van der Waals surface area contributed by atoms with Crippen LogP contribution in [0, 0.1) is 0 Å². The van der Waals surface area contributed by atoms with E-state index >= 15 is 0 Å². The van der Waals surface area contributed by atoms with Crippen LogP contribution < -0.4 is 10.2 Å². The van der Waals surface area contributed by atoms with E-state index in [1.54, 1.807) is 13.2 Å². The zero-order valence-electron chi connectivity index (χ0n) is 23.9. The second-order valence-corrected chi connectivity index (χ2v) is 11.0. The molecule has 0 atom stereocenters. The predicted molar refractivity (Wildman–Crippen MR) is 177 cm³/mol. The summed E-state index contributed by atoms with van der Waals surface area (Å²) >= 11 is 6.28. The van der Waals surface area contributed by atoms with E-state index in [4.69, 9.17) is 16.3 Å². The molecule has 0 saturated heterocycles. The standard InChI is InChI=1S/C40H31ClO2/c1-43-40-34(28-22-24-33(41)25-23-28)27-37(42)35(38(29-14-6-2-7-15-29)30-16-8-3-9-17-30)26-36(40)39(31-18-10-4-11-19-31)32-20-12-5-13-21-32/h2-27,38-39H,1H3. The lowest BCUT2D eigenvalue weighted by Gasteiger charge is -2.23. The van der Waals surface area contributed by atoms with Crippen molar-refractivity contribution in [2.24, 2.45) is 0 Å². The number of benzene rings is 5. The Bertz CT molecular complexity index is 1780. The highest BCUT2D eigenvalue weighted by molar-refractivity contribution is 6.30. The van der Waals surface area contributed by atoms with Crippen LogP contribution in [0.15, 0.2) is 163 Å². The summed E-state index contributed by atoms with van der Waals surface area (Å²) in [6, 6.07) is 52.6. The first-order chi connectivity index (χ1) is 21.1. The Hall–Kier alpha value is -4.92. The van der Waals surface area contributed by atoms with Gasteiger partial charge < -0.3 is 4.74 Å². The zero-order valence-corrected chi connectivity index (χ0v) is 24.6. The van der Waals surface area contributed by atoms with Gasteiger partial charge in [-0.1, -0.05) is 145 Å². The van der Waals surface area contributed by atoms with E-state index in [0.717, 1.165) is 38.9 Å². The number of hydrogen-bond donors (Lipinski definition) is 0. The minimum Gasteiger partial charge on any atom is -0.496 e. The van der Waals surface area contributed by atoms with Crippen LogP contribution in [0.4, 0.5) is 0 Å². The fourth-order valence-corrected chi connectivity index (χ4v) is 6.06. The molecule has 0 aromatic heterocycles. The molecule has 0 amide bonds. The highest BCUT2D eigenvalue weighted by Gasteiger charge is 2.27. The molecule has 6 aromatic rings. The fourth-order valence-electron chi connectivity index (χ4n) is 5.94. The Morgan fingerprint density at radius 3 is 1.30 bits per heavy atom. The third kappa shape index (κ3) is 6.02. The number of rotatable bonds is 8. The average Bonchev–Trinajstić information content (AvgIpc) is 3.20. The van der Waals surface area contributed by atoms with Gasteiger partial charge >= 0.3 is 0 Å². The molecule has 0 aliphatic rings. The van der Waals surface area contributed by atoms with Crippen molar-refractivity contribution >= 4 is 11.6 Å². The average molecular weight is 579 g/mol. The van der Waals surface area contributed by atoms with Gasteiger partial charge in [-0.15, -0.1) is 0 Å². The predicted octanol–water partition coefficient (Wildman–Crippen LogP) is 9.74. The SMILES string of the molecule is COc1c(-c2ccc(Cl)cc2)cc(=O)c(C(c2ccccc2)c2ccccc2)cc1C(c1ccccc1)c1ccccc1. The molecule has 0 N–H and O–H groups in total. The largest absolute Gasteiger partial charge is 0.496 e. The van der Waals surface area contributed by atoms with Crippen LogP contribution in [-0.4, -0.2) is 7.11 Å². The van der Waals surface area contributed by atoms with Crippen molar-refractivity contribution in [2.75, 3.05) is 7.11 Å². The maximum atomic E-state index is 14.5. The molecule has 43 heavy (non-hydrogen) atoms. The van der Waals surface area contributed by atoms with E-state index < -0.39 is 0 Å². The summed E-state index contributed by atoms with van der Waals surface area (Å²) in [6.07, 6.45) is 0. The van der Waals surface area contributed by atoms with Gasteiger partial charge in [-0.3, -0.25) is 4.79 Å². The van der Waals surface area contributed by atoms with Crippen molar-refractivity contribution in [1.29, 1.82) is 0 Å². The zero-order chi connectivity index (χ0) is 29.6. The minimum absolute atomic E-state index is 0.0629. The number of hydrogen-bond acceptors (Lipinski definition) is 2. The molecule has 0 heterocycles. The van der Waals surface area contributed by atoms with Crippen LogP contribution in [-0.2, 0) is 0 Å². The maximum Gasteiger partial charge on any atom is 0.183 e. The van der Waals surface area contributed by atoms with Crippen molar-refractivity contribution in [2.45, 2.75) is 11.8 Å². The summed E-state index contributed by atoms with van der Waals surface area (Å²) in [5.41, 5.74) is 7.43. The highest BCUT2D eigenvalue weighted by Crippen LogP contribution is 2.43. The smallest absolute Gasteiger partial charge is 0.183 e. The van der Waals surface area contributed by atoms with E-state index in [0.29, 0.717) is 16.3 Å². The van der Waals surface area contributed by atoms with Crippen molar-refractivity contribution in [3.63, 3.8) is 0 Å². The monoisotopic (exact) mass is 578 g/mol. The topological polar surface area (TPSA) is 26.3 Å². The Morgan fingerprint density at radius 2 is 0.907 bits per heavy atom. The Labute approximate surface area is 257 Å². The minimum atomic E-state index is -0.281. The van der Waals surface area contributed by atoms with Gasteiger partial charge in [0, 0.05) is 33.5 Å². The first kappa shape index (κ1) is 28.2. The third-order valence-corrected chi connectivity index (χ3v) is 8.14. The summed E-state index contributed by atoms with van der Waals surface area (Å²) in [6.45, 7) is 0. The van der Waals surface area contributed by atoms with Gasteiger partial charge in [-0.25, -0.2) is 0 Å². The Kier molecular flexibility index (Phi) is 8.49. The Morgan fingerprint density at radius 1 is 0.512 bits per heavy atom. The molecule has 0 spiro atoms. The first-order valence-corrected chi connectivity index (χ1v) is 14.7. The molecule has 6 aromatic carbocycles. The number of methoxy groups -OCH3 is 1. The highest BCUT2D eigenvalue weighted by atomic mass is 35.5. The molecule has 2 nitrogen and oxygen atoms in total. The molecular formula is C40H31ClO2. The first-order valence-electron chi connectivity index (χ1n) is 14.4. The van der Waals surface area contributed by atoms with Crippen LogP contribution >= 0.6 is 11.6 Å². The number of ether oxygens (including phenoxy) is 1. The molecule has 0 radical (unpaired) electrons. The summed E-state index contributed by atoms with van der Waals surface area (Å²) < 4.78 is 6.27. The third-order valence-electron chi connectivity index (χ3n) is 7.89. The summed E-state index contributed by atoms with van der Waals surface area (Å²) in [5.74, 6) is 0.181. The summed E-state index contributed by atoms with van der Waals surface area (Å²) in [5, 5.41) is 0.631.